The van der Waals surface area contributed by atoms with Crippen LogP contribution in [0.1, 0.15) is 0 Å². The van der Waals surface area contributed by atoms with E-state index in [1.54, 1.807) is 0 Å². The summed E-state index contributed by atoms with van der Waals surface area (Å²) in [5.41, 5.74) is 5.32. The van der Waals surface area contributed by atoms with E-state index in [0.29, 0.717) is 0 Å². The summed E-state index contributed by atoms with van der Waals surface area (Å²) in [7, 11) is -4.36. The van der Waals surface area contributed by atoms with Crippen LogP contribution in [0.5, 0.6) is 0 Å². The molecule has 1 rings (SSSR count). The van der Waals surface area contributed by atoms with Gasteiger partial charge in [-0.2, -0.15) is 0 Å². The highest BCUT2D eigenvalue weighted by molar-refractivity contribution is 6.71. The van der Waals surface area contributed by atoms with Gasteiger partial charge in [-0.1, -0.05) is 6.07 Å². The second kappa shape index (κ2) is 3.22. The minimum Gasteiger partial charge on any atom is -0.397 e. The quantitative estimate of drug-likeness (QED) is 0.271. The molecule has 1 aromatic rings. The molecular formula is C6H8N2O4Si. The molecule has 0 radical (unpaired) electrons. The maximum atomic E-state index is 10.1. The van der Waals surface area contributed by atoms with Crippen molar-refractivity contribution in [1.82, 2.24) is 0 Å². The van der Waals surface area contributed by atoms with Crippen molar-refractivity contribution in [2.45, 2.75) is 0 Å². The maximum absolute atomic E-state index is 10.1. The number of hydrogen-bond donors (Lipinski definition) is 4. The van der Waals surface area contributed by atoms with E-state index in [1.165, 1.54) is 12.1 Å². The number of nitrogens with two attached hydrogens (primary N) is 1. The summed E-state index contributed by atoms with van der Waals surface area (Å²) in [6, 6.07) is 3.56. The molecule has 0 aliphatic rings. The molecule has 0 bridgehead atoms. The van der Waals surface area contributed by atoms with Crippen molar-refractivity contribution in [3.63, 3.8) is 0 Å². The molecule has 0 saturated heterocycles. The average molecular weight is 200 g/mol. The van der Waals surface area contributed by atoms with E-state index >= 15 is 0 Å². The lowest BCUT2D eigenvalue weighted by Gasteiger charge is -2.09. The normalized spacial score (nSPS) is 11.3. The second-order valence-corrected chi connectivity index (χ2v) is 4.35. The van der Waals surface area contributed by atoms with Gasteiger partial charge >= 0.3 is 8.80 Å². The number of anilines is 1. The van der Waals surface area contributed by atoms with Gasteiger partial charge in [-0.05, 0) is 17.3 Å². The molecule has 5 N–H and O–H groups in total. The summed E-state index contributed by atoms with van der Waals surface area (Å²) in [6.07, 6.45) is 0. The molecule has 0 aromatic heterocycles. The van der Waals surface area contributed by atoms with Crippen molar-refractivity contribution in [1.29, 1.82) is 0 Å². The molecule has 0 unspecified atom stereocenters. The monoisotopic (exact) mass is 200 g/mol. The van der Waals surface area contributed by atoms with Gasteiger partial charge in [-0.25, -0.2) is 0 Å². The largest absolute Gasteiger partial charge is 0.529 e. The van der Waals surface area contributed by atoms with Crippen molar-refractivity contribution in [3.8, 4) is 0 Å². The third-order valence-electron chi connectivity index (χ3n) is 1.52. The molecule has 0 heterocycles. The van der Waals surface area contributed by atoms with E-state index in [2.05, 4.69) is 5.18 Å². The third-order valence-corrected chi connectivity index (χ3v) is 2.60. The topological polar surface area (TPSA) is 116 Å². The first-order valence-corrected chi connectivity index (χ1v) is 5.20. The first-order valence-electron chi connectivity index (χ1n) is 3.35. The minimum atomic E-state index is -4.36. The highest BCUT2D eigenvalue weighted by atomic mass is 28.4. The number of rotatable bonds is 2. The summed E-state index contributed by atoms with van der Waals surface area (Å²) in [5, 5.41) is 2.43. The summed E-state index contributed by atoms with van der Waals surface area (Å²) < 4.78 is 0. The summed E-state index contributed by atoms with van der Waals surface area (Å²) >= 11 is 0. The predicted octanol–water partition coefficient (Wildman–Crippen LogP) is -1.21. The van der Waals surface area contributed by atoms with Crippen LogP contribution in [0.4, 0.5) is 11.4 Å². The number of nitroso groups, excluding NO2 is 1. The molecule has 0 aliphatic carbocycles. The first-order chi connectivity index (χ1) is 5.95. The number of nitrogen functional groups attached to an aromatic ring is 1. The Kier molecular flexibility index (Phi) is 2.43. The molecule has 0 aliphatic heterocycles. The second-order valence-electron chi connectivity index (χ2n) is 2.50. The fourth-order valence-electron chi connectivity index (χ4n) is 0.831. The zero-order valence-electron chi connectivity index (χ0n) is 6.51. The van der Waals surface area contributed by atoms with Crippen LogP contribution in [0, 0.1) is 4.91 Å². The van der Waals surface area contributed by atoms with Gasteiger partial charge in [0.05, 0.1) is 5.69 Å². The molecule has 0 atom stereocenters. The lowest BCUT2D eigenvalue weighted by Crippen LogP contribution is -2.48. The lowest BCUT2D eigenvalue weighted by atomic mass is 10.3. The van der Waals surface area contributed by atoms with Gasteiger partial charge in [0.15, 0.2) is 0 Å². The highest BCUT2D eigenvalue weighted by Gasteiger charge is 2.30. The molecule has 0 spiro atoms. The van der Waals surface area contributed by atoms with Crippen molar-refractivity contribution in [2.24, 2.45) is 5.18 Å². The van der Waals surface area contributed by atoms with Gasteiger partial charge in [0.25, 0.3) is 0 Å². The van der Waals surface area contributed by atoms with Gasteiger partial charge in [0.1, 0.15) is 5.69 Å². The van der Waals surface area contributed by atoms with Crippen LogP contribution in [0.15, 0.2) is 23.4 Å². The Morgan fingerprint density at radius 1 is 1.31 bits per heavy atom. The Bertz CT molecular complexity index is 336. The Morgan fingerprint density at radius 3 is 2.38 bits per heavy atom. The lowest BCUT2D eigenvalue weighted by molar-refractivity contribution is 0.250. The predicted molar refractivity (Wildman–Crippen MR) is 48.4 cm³/mol. The van der Waals surface area contributed by atoms with Crippen LogP contribution in [-0.2, 0) is 0 Å². The van der Waals surface area contributed by atoms with Gasteiger partial charge in [0.2, 0.25) is 0 Å². The van der Waals surface area contributed by atoms with Crippen LogP contribution in [0.3, 0.4) is 0 Å². The molecule has 0 fully saturated rings. The average Bonchev–Trinajstić information content (AvgIpc) is 2.03. The van der Waals surface area contributed by atoms with E-state index in [1.807, 2.05) is 0 Å². The van der Waals surface area contributed by atoms with E-state index < -0.39 is 8.80 Å². The molecule has 1 aromatic carbocycles. The summed E-state index contributed by atoms with van der Waals surface area (Å²) in [5.74, 6) is 0. The van der Waals surface area contributed by atoms with Gasteiger partial charge in [0, 0.05) is 5.19 Å². The Morgan fingerprint density at radius 2 is 1.92 bits per heavy atom. The molecule has 13 heavy (non-hydrogen) atoms. The molecule has 6 nitrogen and oxygen atoms in total. The Labute approximate surface area is 74.6 Å². The van der Waals surface area contributed by atoms with Crippen LogP contribution in [0.25, 0.3) is 0 Å². The molecule has 7 heteroatoms. The van der Waals surface area contributed by atoms with Gasteiger partial charge in [-0.15, -0.1) is 4.91 Å². The fraction of sp³-hybridized carbons (Fsp3) is 0. The SMILES string of the molecule is Nc1ccc([Si](O)(O)O)cc1N=O. The Hall–Kier alpha value is -1.28. The summed E-state index contributed by atoms with van der Waals surface area (Å²) in [6.45, 7) is 0. The van der Waals surface area contributed by atoms with Crippen molar-refractivity contribution >= 4 is 25.4 Å². The summed E-state index contributed by atoms with van der Waals surface area (Å²) in [4.78, 5) is 36.7. The van der Waals surface area contributed by atoms with E-state index in [4.69, 9.17) is 20.1 Å². The van der Waals surface area contributed by atoms with Gasteiger partial charge in [-0.3, -0.25) is 0 Å². The maximum Gasteiger partial charge on any atom is 0.529 e. The van der Waals surface area contributed by atoms with Crippen LogP contribution >= 0.6 is 0 Å². The zero-order valence-corrected chi connectivity index (χ0v) is 7.51. The van der Waals surface area contributed by atoms with E-state index in [9.17, 15) is 4.91 Å². The molecule has 70 valence electrons. The number of hydrogen-bond acceptors (Lipinski definition) is 6. The standard InChI is InChI=1S/C6H8N2O4Si/c7-5-2-1-4(13(10,11)12)3-6(5)8-9/h1-3,10-12H,7H2. The minimum absolute atomic E-state index is 0.119. The first kappa shape index (κ1) is 9.80. The number of nitrogens with zero attached hydrogens (tertiary/aromatic N) is 1. The Balaban J connectivity index is 3.21. The molecule has 0 saturated carbocycles. The fourth-order valence-corrected chi connectivity index (χ4v) is 1.47. The molecule has 0 amide bonds. The van der Waals surface area contributed by atoms with Crippen LogP contribution in [-0.4, -0.2) is 23.2 Å². The smallest absolute Gasteiger partial charge is 0.397 e. The van der Waals surface area contributed by atoms with Crippen molar-refractivity contribution in [2.75, 3.05) is 5.73 Å². The van der Waals surface area contributed by atoms with E-state index in [0.717, 1.165) is 6.07 Å². The van der Waals surface area contributed by atoms with Gasteiger partial charge < -0.3 is 20.1 Å². The number of benzene rings is 1. The van der Waals surface area contributed by atoms with Crippen LogP contribution in [0.2, 0.25) is 0 Å². The van der Waals surface area contributed by atoms with Crippen molar-refractivity contribution < 1.29 is 14.4 Å². The van der Waals surface area contributed by atoms with Crippen LogP contribution < -0.4 is 10.9 Å². The van der Waals surface area contributed by atoms with Crippen molar-refractivity contribution in [3.05, 3.63) is 23.1 Å². The molecular weight excluding hydrogens is 192 g/mol. The third kappa shape index (κ3) is 2.09. The van der Waals surface area contributed by atoms with E-state index in [-0.39, 0.29) is 16.6 Å². The highest BCUT2D eigenvalue weighted by Crippen LogP contribution is 2.19. The zero-order chi connectivity index (χ0) is 10.1.